The Labute approximate surface area is 196 Å². The van der Waals surface area contributed by atoms with E-state index in [4.69, 9.17) is 4.74 Å². The number of amides is 2. The Bertz CT molecular complexity index is 901. The number of nitrogens with one attached hydrogen (secondary N) is 1. The van der Waals surface area contributed by atoms with Gasteiger partial charge >= 0.3 is 6.18 Å². The highest BCUT2D eigenvalue weighted by molar-refractivity contribution is 6.06. The summed E-state index contributed by atoms with van der Waals surface area (Å²) in [6.45, 7) is 3.65. The van der Waals surface area contributed by atoms with Crippen LogP contribution in [0, 0.1) is 11.7 Å². The minimum Gasteiger partial charge on any atom is -0.482 e. The summed E-state index contributed by atoms with van der Waals surface area (Å²) < 4.78 is 56.4. The van der Waals surface area contributed by atoms with Crippen molar-refractivity contribution in [3.63, 3.8) is 0 Å². The first-order chi connectivity index (χ1) is 16.1. The van der Waals surface area contributed by atoms with Crippen molar-refractivity contribution >= 4 is 17.5 Å². The number of carbonyl (C=O) groups is 2. The van der Waals surface area contributed by atoms with Crippen LogP contribution >= 0.6 is 0 Å². The van der Waals surface area contributed by atoms with Gasteiger partial charge in [-0.3, -0.25) is 19.4 Å². The largest absolute Gasteiger partial charge is 0.482 e. The smallest absolute Gasteiger partial charge is 0.422 e. The van der Waals surface area contributed by atoms with Crippen molar-refractivity contribution in [3.05, 3.63) is 24.0 Å². The second-order valence-electron chi connectivity index (χ2n) is 9.23. The predicted molar refractivity (Wildman–Crippen MR) is 117 cm³/mol. The van der Waals surface area contributed by atoms with Crippen molar-refractivity contribution in [1.29, 1.82) is 0 Å². The molecule has 2 heterocycles. The summed E-state index contributed by atoms with van der Waals surface area (Å²) in [5.41, 5.74) is 0.306. The van der Waals surface area contributed by atoms with Crippen molar-refractivity contribution in [2.75, 3.05) is 50.8 Å². The molecular formula is C23H30F4N4O3. The number of carbonyl (C=O) groups excluding carboxylic acids is 2. The van der Waals surface area contributed by atoms with Crippen LogP contribution in [0.15, 0.2) is 18.2 Å². The molecule has 2 amide bonds. The lowest BCUT2D eigenvalue weighted by molar-refractivity contribution is -0.153. The molecule has 0 aromatic heterocycles. The van der Waals surface area contributed by atoms with Gasteiger partial charge in [-0.25, -0.2) is 4.39 Å². The second kappa shape index (κ2) is 10.1. The number of hydrogen-bond acceptors (Lipinski definition) is 6. The summed E-state index contributed by atoms with van der Waals surface area (Å²) in [5, 5.41) is 3.27. The molecule has 4 rings (SSSR count). The molecular weight excluding hydrogens is 456 g/mol. The van der Waals surface area contributed by atoms with Crippen LogP contribution in [-0.2, 0) is 9.59 Å². The van der Waals surface area contributed by atoms with Gasteiger partial charge in [0.25, 0.3) is 0 Å². The van der Waals surface area contributed by atoms with E-state index < -0.39 is 24.6 Å². The first-order valence-corrected chi connectivity index (χ1v) is 11.7. The number of hydrogen-bond donors (Lipinski definition) is 1. The molecule has 1 saturated carbocycles. The standard InChI is InChI=1S/C23H30F4N4O3/c1-15-20(28-17-4-5-17)22(33)31(21(15)32)8-2-7-29-9-11-30(12-10-29)18-13-16(24)3-6-19(18)34-14-23(25,26)27/h3,6,13,15,17,20,28H,2,4-5,7-12,14H2,1H3. The van der Waals surface area contributed by atoms with E-state index in [2.05, 4.69) is 10.2 Å². The Morgan fingerprint density at radius 1 is 1.06 bits per heavy atom. The maximum Gasteiger partial charge on any atom is 0.422 e. The Balaban J connectivity index is 1.25. The molecule has 1 aliphatic carbocycles. The van der Waals surface area contributed by atoms with Crippen LogP contribution < -0.4 is 15.0 Å². The molecule has 0 bridgehead atoms. The minimum absolute atomic E-state index is 0.00159. The summed E-state index contributed by atoms with van der Waals surface area (Å²) in [5.74, 6) is -1.17. The lowest BCUT2D eigenvalue weighted by Gasteiger charge is -2.37. The van der Waals surface area contributed by atoms with Crippen LogP contribution in [0.25, 0.3) is 0 Å². The van der Waals surface area contributed by atoms with Gasteiger partial charge in [0.05, 0.1) is 17.6 Å². The highest BCUT2D eigenvalue weighted by Gasteiger charge is 2.46. The fourth-order valence-corrected chi connectivity index (χ4v) is 4.50. The molecule has 1 N–H and O–H groups in total. The lowest BCUT2D eigenvalue weighted by atomic mass is 10.1. The number of rotatable bonds is 9. The molecule has 34 heavy (non-hydrogen) atoms. The lowest BCUT2D eigenvalue weighted by Crippen LogP contribution is -2.47. The Hall–Kier alpha value is -2.40. The number of nitrogens with zero attached hydrogens (tertiary/aromatic N) is 3. The van der Waals surface area contributed by atoms with Gasteiger partial charge in [-0.1, -0.05) is 6.92 Å². The van der Waals surface area contributed by atoms with Crippen molar-refractivity contribution < 1.29 is 31.9 Å². The van der Waals surface area contributed by atoms with E-state index in [1.807, 2.05) is 4.90 Å². The van der Waals surface area contributed by atoms with E-state index in [1.165, 1.54) is 17.0 Å². The van der Waals surface area contributed by atoms with E-state index in [0.717, 1.165) is 18.9 Å². The monoisotopic (exact) mass is 486 g/mol. The fraction of sp³-hybridized carbons (Fsp3) is 0.652. The SMILES string of the molecule is CC1C(=O)N(CCCN2CCN(c3cc(F)ccc3OCC(F)(F)F)CC2)C(=O)C1NC1CC1. The van der Waals surface area contributed by atoms with Crippen molar-refractivity contribution in [3.8, 4) is 5.75 Å². The predicted octanol–water partition coefficient (Wildman–Crippen LogP) is 2.40. The van der Waals surface area contributed by atoms with Crippen molar-refractivity contribution in [2.45, 2.75) is 44.4 Å². The van der Waals surface area contributed by atoms with E-state index in [1.54, 1.807) is 6.92 Å². The Morgan fingerprint density at radius 2 is 1.76 bits per heavy atom. The summed E-state index contributed by atoms with van der Waals surface area (Å²) in [7, 11) is 0. The third-order valence-electron chi connectivity index (χ3n) is 6.56. The number of piperazine rings is 1. The zero-order valence-corrected chi connectivity index (χ0v) is 19.1. The molecule has 3 fully saturated rings. The molecule has 1 aromatic carbocycles. The van der Waals surface area contributed by atoms with E-state index in [-0.39, 0.29) is 23.5 Å². The van der Waals surface area contributed by atoms with Gasteiger partial charge in [-0.05, 0) is 37.9 Å². The number of ether oxygens (including phenoxy) is 1. The molecule has 1 aromatic rings. The van der Waals surface area contributed by atoms with Gasteiger partial charge < -0.3 is 15.0 Å². The molecule has 2 saturated heterocycles. The number of anilines is 1. The number of imide groups is 1. The average molecular weight is 487 g/mol. The molecule has 0 radical (unpaired) electrons. The minimum atomic E-state index is -4.48. The quantitative estimate of drug-likeness (QED) is 0.427. The maximum atomic E-state index is 13.8. The summed E-state index contributed by atoms with van der Waals surface area (Å²) in [4.78, 5) is 30.5. The fourth-order valence-electron chi connectivity index (χ4n) is 4.50. The van der Waals surface area contributed by atoms with Crippen LogP contribution in [0.1, 0.15) is 26.2 Å². The zero-order chi connectivity index (χ0) is 24.5. The summed E-state index contributed by atoms with van der Waals surface area (Å²) in [6.07, 6.45) is -1.75. The van der Waals surface area contributed by atoms with Crippen molar-refractivity contribution in [1.82, 2.24) is 15.1 Å². The van der Waals surface area contributed by atoms with Crippen LogP contribution in [0.2, 0.25) is 0 Å². The van der Waals surface area contributed by atoms with Crippen LogP contribution in [0.5, 0.6) is 5.75 Å². The molecule has 7 nitrogen and oxygen atoms in total. The Morgan fingerprint density at radius 3 is 2.41 bits per heavy atom. The van der Waals surface area contributed by atoms with Gasteiger partial charge in [0.15, 0.2) is 6.61 Å². The molecule has 3 aliphatic rings. The van der Waals surface area contributed by atoms with E-state index >= 15 is 0 Å². The van der Waals surface area contributed by atoms with E-state index in [9.17, 15) is 27.2 Å². The zero-order valence-electron chi connectivity index (χ0n) is 19.1. The molecule has 2 atom stereocenters. The molecule has 2 unspecified atom stereocenters. The van der Waals surface area contributed by atoms with Gasteiger partial charge in [0.1, 0.15) is 11.6 Å². The number of alkyl halides is 3. The number of likely N-dealkylation sites (tertiary alicyclic amines) is 1. The normalized spacial score (nSPS) is 24.3. The van der Waals surface area contributed by atoms with Gasteiger partial charge in [0.2, 0.25) is 11.8 Å². The summed E-state index contributed by atoms with van der Waals surface area (Å²) >= 11 is 0. The topological polar surface area (TPSA) is 65.1 Å². The molecule has 0 spiro atoms. The van der Waals surface area contributed by atoms with Gasteiger partial charge in [-0.2, -0.15) is 13.2 Å². The molecule has 188 valence electrons. The van der Waals surface area contributed by atoms with Gasteiger partial charge in [0, 0.05) is 44.8 Å². The number of benzene rings is 1. The second-order valence-corrected chi connectivity index (χ2v) is 9.23. The third kappa shape index (κ3) is 5.99. The third-order valence-corrected chi connectivity index (χ3v) is 6.56. The maximum absolute atomic E-state index is 13.8. The summed E-state index contributed by atoms with van der Waals surface area (Å²) in [6, 6.07) is 3.41. The Kier molecular flexibility index (Phi) is 7.32. The van der Waals surface area contributed by atoms with E-state index in [0.29, 0.717) is 57.4 Å². The first kappa shape index (κ1) is 24.7. The molecule has 11 heteroatoms. The first-order valence-electron chi connectivity index (χ1n) is 11.7. The van der Waals surface area contributed by atoms with Crippen LogP contribution in [0.4, 0.5) is 23.2 Å². The average Bonchev–Trinajstić information content (AvgIpc) is 3.59. The van der Waals surface area contributed by atoms with Crippen LogP contribution in [0.3, 0.4) is 0 Å². The highest BCUT2D eigenvalue weighted by atomic mass is 19.4. The van der Waals surface area contributed by atoms with Crippen LogP contribution in [-0.4, -0.2) is 85.7 Å². The molecule has 2 aliphatic heterocycles. The highest BCUT2D eigenvalue weighted by Crippen LogP contribution is 2.32. The van der Waals surface area contributed by atoms with Crippen molar-refractivity contribution in [2.24, 2.45) is 5.92 Å². The van der Waals surface area contributed by atoms with Gasteiger partial charge in [-0.15, -0.1) is 0 Å². The number of halogens is 4.